The van der Waals surface area contributed by atoms with E-state index in [1.807, 2.05) is 72.8 Å². The normalized spacial score (nSPS) is 11.0. The Morgan fingerprint density at radius 1 is 0.879 bits per heavy atom. The Morgan fingerprint density at radius 2 is 1.67 bits per heavy atom. The van der Waals surface area contributed by atoms with E-state index in [0.29, 0.717) is 18.1 Å². The third kappa shape index (κ3) is 6.43. The van der Waals surface area contributed by atoms with Crippen molar-refractivity contribution in [2.24, 2.45) is 5.10 Å². The Bertz CT molecular complexity index is 1310. The molecule has 0 atom stereocenters. The van der Waals surface area contributed by atoms with Crippen molar-refractivity contribution in [3.63, 3.8) is 0 Å². The molecule has 4 aromatic carbocycles. The van der Waals surface area contributed by atoms with Crippen LogP contribution in [0.25, 0.3) is 10.8 Å². The molecule has 0 fully saturated rings. The standard InChI is InChI=1S/C26H20Br2N2O3/c27-20-7-3-5-18(13-20)16-33-25-12-11-19-6-1-2-10-23(19)24(25)15-29-30-26(31)17-32-22-9-4-8-21(28)14-22/h1-15H,16-17H2,(H,30,31)/b29-15+. The SMILES string of the molecule is O=C(COc1cccc(Br)c1)N/N=C/c1c(OCc2cccc(Br)c2)ccc2ccccc12. The lowest BCUT2D eigenvalue weighted by atomic mass is 10.0. The molecule has 0 aliphatic carbocycles. The minimum absolute atomic E-state index is 0.143. The van der Waals surface area contributed by atoms with Crippen molar-refractivity contribution in [3.8, 4) is 11.5 Å². The maximum atomic E-state index is 12.2. The predicted molar refractivity (Wildman–Crippen MR) is 138 cm³/mol. The molecule has 0 aliphatic rings. The first-order valence-electron chi connectivity index (χ1n) is 10.2. The Morgan fingerprint density at radius 3 is 2.48 bits per heavy atom. The van der Waals surface area contributed by atoms with Crippen LogP contribution in [0.2, 0.25) is 0 Å². The van der Waals surface area contributed by atoms with Crippen LogP contribution in [0.5, 0.6) is 11.5 Å². The Balaban J connectivity index is 1.47. The highest BCUT2D eigenvalue weighted by atomic mass is 79.9. The minimum Gasteiger partial charge on any atom is -0.488 e. The number of hydrogen-bond donors (Lipinski definition) is 1. The lowest BCUT2D eigenvalue weighted by Crippen LogP contribution is -2.24. The zero-order valence-electron chi connectivity index (χ0n) is 17.5. The molecular weight excluding hydrogens is 548 g/mol. The van der Waals surface area contributed by atoms with Gasteiger partial charge in [0.05, 0.1) is 6.21 Å². The van der Waals surface area contributed by atoms with Gasteiger partial charge < -0.3 is 9.47 Å². The van der Waals surface area contributed by atoms with Crippen LogP contribution in [0.15, 0.2) is 99.0 Å². The molecule has 1 N–H and O–H groups in total. The molecular formula is C26H20Br2N2O3. The van der Waals surface area contributed by atoms with E-state index in [9.17, 15) is 4.79 Å². The number of fused-ring (bicyclic) bond motifs is 1. The second-order valence-corrected chi connectivity index (χ2v) is 8.99. The van der Waals surface area contributed by atoms with Crippen molar-refractivity contribution < 1.29 is 14.3 Å². The Hall–Kier alpha value is -3.16. The van der Waals surface area contributed by atoms with Gasteiger partial charge in [-0.3, -0.25) is 4.79 Å². The molecule has 0 bridgehead atoms. The van der Waals surface area contributed by atoms with Crippen molar-refractivity contribution in [2.45, 2.75) is 6.61 Å². The number of nitrogens with one attached hydrogen (secondary N) is 1. The van der Waals surface area contributed by atoms with Crippen molar-refractivity contribution in [2.75, 3.05) is 6.61 Å². The molecule has 0 aromatic heterocycles. The quantitative estimate of drug-likeness (QED) is 0.196. The molecule has 1 amide bonds. The fraction of sp³-hybridized carbons (Fsp3) is 0.0769. The lowest BCUT2D eigenvalue weighted by molar-refractivity contribution is -0.123. The van der Waals surface area contributed by atoms with Crippen LogP contribution in [-0.4, -0.2) is 18.7 Å². The van der Waals surface area contributed by atoms with Gasteiger partial charge in [-0.15, -0.1) is 0 Å². The molecule has 0 spiro atoms. The van der Waals surface area contributed by atoms with Gasteiger partial charge in [0.2, 0.25) is 0 Å². The number of hydrazone groups is 1. The van der Waals surface area contributed by atoms with E-state index in [4.69, 9.17) is 9.47 Å². The van der Waals surface area contributed by atoms with E-state index >= 15 is 0 Å². The fourth-order valence-corrected chi connectivity index (χ4v) is 4.05. The van der Waals surface area contributed by atoms with Crippen molar-refractivity contribution in [1.82, 2.24) is 5.43 Å². The third-order valence-corrected chi connectivity index (χ3v) is 5.75. The third-order valence-electron chi connectivity index (χ3n) is 4.76. The minimum atomic E-state index is -0.358. The summed E-state index contributed by atoms with van der Waals surface area (Å²) >= 11 is 6.86. The monoisotopic (exact) mass is 566 g/mol. The molecule has 0 heterocycles. The number of halogens is 2. The van der Waals surface area contributed by atoms with Gasteiger partial charge in [-0.05, 0) is 52.7 Å². The van der Waals surface area contributed by atoms with Gasteiger partial charge in [0.1, 0.15) is 18.1 Å². The average molecular weight is 568 g/mol. The maximum Gasteiger partial charge on any atom is 0.277 e. The fourth-order valence-electron chi connectivity index (χ4n) is 3.23. The van der Waals surface area contributed by atoms with Crippen molar-refractivity contribution in [1.29, 1.82) is 0 Å². The number of carbonyl (C=O) groups is 1. The van der Waals surface area contributed by atoms with E-state index in [1.54, 1.807) is 18.3 Å². The highest BCUT2D eigenvalue weighted by molar-refractivity contribution is 9.10. The molecule has 0 unspecified atom stereocenters. The lowest BCUT2D eigenvalue weighted by Gasteiger charge is -2.12. The summed E-state index contributed by atoms with van der Waals surface area (Å²) in [6.45, 7) is 0.265. The summed E-state index contributed by atoms with van der Waals surface area (Å²) in [4.78, 5) is 12.2. The first kappa shape index (κ1) is 23.0. The van der Waals surface area contributed by atoms with Gasteiger partial charge in [0.25, 0.3) is 5.91 Å². The molecule has 33 heavy (non-hydrogen) atoms. The zero-order chi connectivity index (χ0) is 23.0. The van der Waals surface area contributed by atoms with E-state index in [1.165, 1.54) is 0 Å². The van der Waals surface area contributed by atoms with Gasteiger partial charge in [-0.2, -0.15) is 5.10 Å². The summed E-state index contributed by atoms with van der Waals surface area (Å²) in [6, 6.07) is 27.2. The zero-order valence-corrected chi connectivity index (χ0v) is 20.7. The van der Waals surface area contributed by atoms with Crippen molar-refractivity contribution in [3.05, 3.63) is 105 Å². The smallest absolute Gasteiger partial charge is 0.277 e. The molecule has 5 nitrogen and oxygen atoms in total. The summed E-state index contributed by atoms with van der Waals surface area (Å²) < 4.78 is 13.5. The second kappa shape index (κ2) is 11.1. The van der Waals surface area contributed by atoms with Crippen molar-refractivity contribution >= 4 is 54.8 Å². The summed E-state index contributed by atoms with van der Waals surface area (Å²) in [5.41, 5.74) is 4.35. The molecule has 7 heteroatoms. The van der Waals surface area contributed by atoms with E-state index < -0.39 is 0 Å². The van der Waals surface area contributed by atoms with Gasteiger partial charge in [0.15, 0.2) is 6.61 Å². The molecule has 0 radical (unpaired) electrons. The molecule has 0 saturated heterocycles. The number of carbonyl (C=O) groups excluding carboxylic acids is 1. The summed E-state index contributed by atoms with van der Waals surface area (Å²) in [7, 11) is 0. The molecule has 166 valence electrons. The Kier molecular flexibility index (Phi) is 7.75. The molecule has 4 aromatic rings. The first-order valence-corrected chi connectivity index (χ1v) is 11.8. The summed E-state index contributed by atoms with van der Waals surface area (Å²) in [5, 5.41) is 6.18. The Labute approximate surface area is 208 Å². The largest absolute Gasteiger partial charge is 0.488 e. The highest BCUT2D eigenvalue weighted by Gasteiger charge is 2.09. The number of rotatable bonds is 8. The average Bonchev–Trinajstić information content (AvgIpc) is 2.82. The molecule has 0 aliphatic heterocycles. The second-order valence-electron chi connectivity index (χ2n) is 7.16. The van der Waals surface area contributed by atoms with Crippen LogP contribution in [0.4, 0.5) is 0 Å². The number of benzene rings is 4. The van der Waals surface area contributed by atoms with Crippen LogP contribution in [0.1, 0.15) is 11.1 Å². The number of amides is 1. The number of ether oxygens (including phenoxy) is 2. The van der Waals surface area contributed by atoms with Gasteiger partial charge in [-0.25, -0.2) is 5.43 Å². The van der Waals surface area contributed by atoms with Gasteiger partial charge >= 0.3 is 0 Å². The summed E-state index contributed by atoms with van der Waals surface area (Å²) in [5.74, 6) is 0.918. The van der Waals surface area contributed by atoms with E-state index in [2.05, 4.69) is 42.4 Å². The topological polar surface area (TPSA) is 59.9 Å². The van der Waals surface area contributed by atoms with E-state index in [-0.39, 0.29) is 12.5 Å². The van der Waals surface area contributed by atoms with E-state index in [0.717, 1.165) is 30.8 Å². The predicted octanol–water partition coefficient (Wildman–Crippen LogP) is 6.47. The number of hydrogen-bond acceptors (Lipinski definition) is 4. The maximum absolute atomic E-state index is 12.2. The van der Waals surface area contributed by atoms with Crippen LogP contribution in [0, 0.1) is 0 Å². The number of nitrogens with zero attached hydrogens (tertiary/aromatic N) is 1. The van der Waals surface area contributed by atoms with Gasteiger partial charge in [0, 0.05) is 14.5 Å². The highest BCUT2D eigenvalue weighted by Crippen LogP contribution is 2.27. The van der Waals surface area contributed by atoms with Crippen LogP contribution in [-0.2, 0) is 11.4 Å². The molecule has 0 saturated carbocycles. The van der Waals surface area contributed by atoms with Crippen LogP contribution in [0.3, 0.4) is 0 Å². The summed E-state index contributed by atoms with van der Waals surface area (Å²) in [6.07, 6.45) is 1.61. The molecule has 4 rings (SSSR count). The van der Waals surface area contributed by atoms with Gasteiger partial charge in [-0.1, -0.05) is 80.4 Å². The van der Waals surface area contributed by atoms with Crippen LogP contribution < -0.4 is 14.9 Å². The van der Waals surface area contributed by atoms with Crippen LogP contribution >= 0.6 is 31.9 Å². The first-order chi connectivity index (χ1) is 16.1.